The number of hydrogen-bond acceptors (Lipinski definition) is 3. The summed E-state index contributed by atoms with van der Waals surface area (Å²) in [5.41, 5.74) is -0.206. The topological polar surface area (TPSA) is 49.4 Å². The largest absolute Gasteiger partial charge is 0.316 e. The molecule has 1 saturated carbocycles. The van der Waals surface area contributed by atoms with Gasteiger partial charge in [-0.15, -0.1) is 0 Å². The second kappa shape index (κ2) is 3.68. The van der Waals surface area contributed by atoms with Gasteiger partial charge in [-0.1, -0.05) is 0 Å². The SMILES string of the molecule is CC1(C)C2CNCC2CN1S(=O)(=O)CC1CC1. The van der Waals surface area contributed by atoms with Crippen molar-refractivity contribution in [3.63, 3.8) is 0 Å². The van der Waals surface area contributed by atoms with Crippen molar-refractivity contribution in [2.75, 3.05) is 25.4 Å². The fourth-order valence-corrected chi connectivity index (χ4v) is 5.91. The molecular formula is C12H22N2O2S. The van der Waals surface area contributed by atoms with Crippen LogP contribution in [0.2, 0.25) is 0 Å². The second-order valence-corrected chi connectivity index (χ2v) is 8.37. The highest BCUT2D eigenvalue weighted by Gasteiger charge is 2.54. The molecule has 2 aliphatic heterocycles. The highest BCUT2D eigenvalue weighted by atomic mass is 32.2. The van der Waals surface area contributed by atoms with E-state index in [9.17, 15) is 8.42 Å². The molecule has 2 atom stereocenters. The Morgan fingerprint density at radius 3 is 2.59 bits per heavy atom. The van der Waals surface area contributed by atoms with Crippen molar-refractivity contribution in [2.45, 2.75) is 32.2 Å². The van der Waals surface area contributed by atoms with Gasteiger partial charge in [0, 0.05) is 18.6 Å². The van der Waals surface area contributed by atoms with Crippen LogP contribution in [0.25, 0.3) is 0 Å². The maximum Gasteiger partial charge on any atom is 0.214 e. The van der Waals surface area contributed by atoms with Gasteiger partial charge in [0.25, 0.3) is 0 Å². The third-order valence-corrected chi connectivity index (χ3v) is 6.95. The lowest BCUT2D eigenvalue weighted by Crippen LogP contribution is -2.48. The van der Waals surface area contributed by atoms with Crippen molar-refractivity contribution in [1.29, 1.82) is 0 Å². The van der Waals surface area contributed by atoms with Gasteiger partial charge in [0.1, 0.15) is 0 Å². The molecule has 3 fully saturated rings. The summed E-state index contributed by atoms with van der Waals surface area (Å²) in [5.74, 6) is 1.81. The van der Waals surface area contributed by atoms with Crippen LogP contribution in [0.1, 0.15) is 26.7 Å². The molecule has 0 radical (unpaired) electrons. The lowest BCUT2D eigenvalue weighted by Gasteiger charge is -2.34. The number of nitrogens with zero attached hydrogens (tertiary/aromatic N) is 1. The van der Waals surface area contributed by atoms with Crippen molar-refractivity contribution in [3.05, 3.63) is 0 Å². The molecule has 0 aromatic heterocycles. The van der Waals surface area contributed by atoms with Gasteiger partial charge >= 0.3 is 0 Å². The molecule has 4 nitrogen and oxygen atoms in total. The van der Waals surface area contributed by atoms with E-state index in [1.807, 2.05) is 0 Å². The number of rotatable bonds is 3. The van der Waals surface area contributed by atoms with E-state index in [2.05, 4.69) is 19.2 Å². The van der Waals surface area contributed by atoms with Crippen LogP contribution in [-0.2, 0) is 10.0 Å². The number of fused-ring (bicyclic) bond motifs is 1. The minimum atomic E-state index is -3.04. The first-order valence-electron chi connectivity index (χ1n) is 6.62. The molecule has 2 saturated heterocycles. The zero-order valence-electron chi connectivity index (χ0n) is 10.6. The molecule has 0 aromatic carbocycles. The van der Waals surface area contributed by atoms with E-state index in [0.29, 0.717) is 23.5 Å². The van der Waals surface area contributed by atoms with E-state index >= 15 is 0 Å². The Morgan fingerprint density at radius 2 is 2.00 bits per heavy atom. The molecule has 98 valence electrons. The Bertz CT molecular complexity index is 414. The fraction of sp³-hybridized carbons (Fsp3) is 1.00. The maximum atomic E-state index is 12.4. The van der Waals surface area contributed by atoms with Crippen LogP contribution < -0.4 is 5.32 Å². The monoisotopic (exact) mass is 258 g/mol. The van der Waals surface area contributed by atoms with Gasteiger partial charge in [-0.2, -0.15) is 4.31 Å². The summed E-state index contributed by atoms with van der Waals surface area (Å²) in [4.78, 5) is 0. The molecule has 2 heterocycles. The van der Waals surface area contributed by atoms with Gasteiger partial charge < -0.3 is 5.32 Å². The Balaban J connectivity index is 1.83. The third-order valence-electron chi connectivity index (χ3n) is 4.77. The molecule has 5 heteroatoms. The van der Waals surface area contributed by atoms with Crippen molar-refractivity contribution < 1.29 is 8.42 Å². The van der Waals surface area contributed by atoms with Crippen LogP contribution in [0.15, 0.2) is 0 Å². The molecule has 1 N–H and O–H groups in total. The predicted octanol–water partition coefficient (Wildman–Crippen LogP) is 0.656. The first kappa shape index (κ1) is 11.9. The second-order valence-electron chi connectivity index (χ2n) is 6.43. The molecule has 2 unspecified atom stereocenters. The molecule has 3 rings (SSSR count). The summed E-state index contributed by atoms with van der Waals surface area (Å²) in [6.07, 6.45) is 2.20. The highest BCUT2D eigenvalue weighted by molar-refractivity contribution is 7.89. The standard InChI is InChI=1S/C12H22N2O2S/c1-12(2)11-6-13-5-10(11)7-14(12)17(15,16)8-9-3-4-9/h9-11,13H,3-8H2,1-2H3. The van der Waals surface area contributed by atoms with Crippen molar-refractivity contribution in [3.8, 4) is 0 Å². The van der Waals surface area contributed by atoms with Gasteiger partial charge in [-0.3, -0.25) is 0 Å². The van der Waals surface area contributed by atoms with Crippen molar-refractivity contribution in [2.24, 2.45) is 17.8 Å². The first-order chi connectivity index (χ1) is 7.91. The Kier molecular flexibility index (Phi) is 2.58. The van der Waals surface area contributed by atoms with Crippen LogP contribution in [-0.4, -0.2) is 43.6 Å². The zero-order chi connectivity index (χ0) is 12.3. The van der Waals surface area contributed by atoms with Gasteiger partial charge in [0.05, 0.1) is 5.75 Å². The lowest BCUT2D eigenvalue weighted by atomic mass is 9.85. The van der Waals surface area contributed by atoms with E-state index in [4.69, 9.17) is 0 Å². The maximum absolute atomic E-state index is 12.4. The molecule has 17 heavy (non-hydrogen) atoms. The predicted molar refractivity (Wildman–Crippen MR) is 67.1 cm³/mol. The van der Waals surface area contributed by atoms with Crippen LogP contribution in [0.5, 0.6) is 0 Å². The Labute approximate surface area is 104 Å². The quantitative estimate of drug-likeness (QED) is 0.809. The van der Waals surface area contributed by atoms with E-state index in [1.165, 1.54) is 0 Å². The van der Waals surface area contributed by atoms with Crippen LogP contribution in [0.4, 0.5) is 0 Å². The molecule has 0 amide bonds. The first-order valence-corrected chi connectivity index (χ1v) is 8.23. The zero-order valence-corrected chi connectivity index (χ0v) is 11.5. The van der Waals surface area contributed by atoms with Crippen molar-refractivity contribution >= 4 is 10.0 Å². The molecule has 3 aliphatic rings. The molecule has 1 aliphatic carbocycles. The Morgan fingerprint density at radius 1 is 1.29 bits per heavy atom. The lowest BCUT2D eigenvalue weighted by molar-refractivity contribution is 0.233. The molecular weight excluding hydrogens is 236 g/mol. The summed E-state index contributed by atoms with van der Waals surface area (Å²) in [5, 5.41) is 3.38. The van der Waals surface area contributed by atoms with Gasteiger partial charge in [0.15, 0.2) is 0 Å². The van der Waals surface area contributed by atoms with E-state index in [1.54, 1.807) is 4.31 Å². The van der Waals surface area contributed by atoms with Gasteiger partial charge in [-0.05, 0) is 51.0 Å². The van der Waals surface area contributed by atoms with Gasteiger partial charge in [0.2, 0.25) is 10.0 Å². The van der Waals surface area contributed by atoms with E-state index in [0.717, 1.165) is 32.5 Å². The number of hydrogen-bond donors (Lipinski definition) is 1. The van der Waals surface area contributed by atoms with Crippen LogP contribution >= 0.6 is 0 Å². The highest BCUT2D eigenvalue weighted by Crippen LogP contribution is 2.43. The molecule has 0 aromatic rings. The Hall–Kier alpha value is -0.130. The summed E-state index contributed by atoms with van der Waals surface area (Å²) in [6.45, 7) is 6.85. The summed E-state index contributed by atoms with van der Waals surface area (Å²) in [6, 6.07) is 0. The van der Waals surface area contributed by atoms with Crippen molar-refractivity contribution in [1.82, 2.24) is 9.62 Å². The van der Waals surface area contributed by atoms with E-state index in [-0.39, 0.29) is 5.54 Å². The minimum Gasteiger partial charge on any atom is -0.316 e. The number of nitrogens with one attached hydrogen (secondary N) is 1. The average Bonchev–Trinajstić information content (AvgIpc) is 2.78. The minimum absolute atomic E-state index is 0.206. The molecule has 0 spiro atoms. The smallest absolute Gasteiger partial charge is 0.214 e. The summed E-state index contributed by atoms with van der Waals surface area (Å²) in [7, 11) is -3.04. The average molecular weight is 258 g/mol. The van der Waals surface area contributed by atoms with Crippen LogP contribution in [0.3, 0.4) is 0 Å². The molecule has 0 bridgehead atoms. The van der Waals surface area contributed by atoms with Crippen LogP contribution in [0, 0.1) is 17.8 Å². The van der Waals surface area contributed by atoms with Gasteiger partial charge in [-0.25, -0.2) is 8.42 Å². The summed E-state index contributed by atoms with van der Waals surface area (Å²) < 4.78 is 26.7. The summed E-state index contributed by atoms with van der Waals surface area (Å²) >= 11 is 0. The fourth-order valence-electron chi connectivity index (χ4n) is 3.53. The normalized spacial score (nSPS) is 37.3. The third kappa shape index (κ3) is 1.92. The number of sulfonamides is 1. The van der Waals surface area contributed by atoms with E-state index < -0.39 is 10.0 Å².